The van der Waals surface area contributed by atoms with Crippen LogP contribution in [0.2, 0.25) is 0 Å². The molecule has 9 heteroatoms. The summed E-state index contributed by atoms with van der Waals surface area (Å²) in [4.78, 5) is 47.1. The maximum Gasteiger partial charge on any atom is 0.316 e. The molecule has 5 aliphatic rings. The molecular formula is C32H41NO6S2. The van der Waals surface area contributed by atoms with Crippen molar-refractivity contribution in [1.29, 1.82) is 0 Å². The average molecular weight is 600 g/mol. The van der Waals surface area contributed by atoms with Crippen LogP contribution < -0.4 is 0 Å². The Balaban J connectivity index is 1.39. The van der Waals surface area contributed by atoms with Gasteiger partial charge in [-0.15, -0.1) is 11.3 Å². The van der Waals surface area contributed by atoms with Crippen molar-refractivity contribution in [1.82, 2.24) is 5.06 Å². The van der Waals surface area contributed by atoms with Crippen molar-refractivity contribution in [2.24, 2.45) is 39.9 Å². The average Bonchev–Trinajstić information content (AvgIpc) is 3.62. The van der Waals surface area contributed by atoms with Gasteiger partial charge in [-0.1, -0.05) is 57.2 Å². The van der Waals surface area contributed by atoms with E-state index in [0.29, 0.717) is 19.5 Å². The summed E-state index contributed by atoms with van der Waals surface area (Å²) in [6.45, 7) is 12.0. The van der Waals surface area contributed by atoms with E-state index in [4.69, 9.17) is 9.57 Å². The van der Waals surface area contributed by atoms with Crippen LogP contribution in [0.3, 0.4) is 0 Å². The minimum Gasteiger partial charge on any atom is -0.465 e. The number of thioether (sulfide) groups is 1. The number of esters is 1. The molecular weight excluding hydrogens is 558 g/mol. The highest BCUT2D eigenvalue weighted by Gasteiger charge is 2.77. The molecule has 9 atom stereocenters. The Kier molecular flexibility index (Phi) is 7.25. The molecule has 6 rings (SSSR count). The van der Waals surface area contributed by atoms with Crippen LogP contribution >= 0.6 is 23.1 Å². The summed E-state index contributed by atoms with van der Waals surface area (Å²) in [7, 11) is 0. The van der Waals surface area contributed by atoms with Gasteiger partial charge in [-0.05, 0) is 67.5 Å². The summed E-state index contributed by atoms with van der Waals surface area (Å²) in [6, 6.07) is 4.09. The molecule has 0 bridgehead atoms. The number of ketones is 1. The molecule has 0 radical (unpaired) electrons. The van der Waals surface area contributed by atoms with Crippen molar-refractivity contribution in [2.45, 2.75) is 72.1 Å². The lowest BCUT2D eigenvalue weighted by molar-refractivity contribution is -0.261. The molecule has 1 N–H and O–H groups in total. The Morgan fingerprint density at radius 3 is 2.73 bits per heavy atom. The Morgan fingerprint density at radius 1 is 1.24 bits per heavy atom. The molecule has 1 saturated heterocycles. The van der Waals surface area contributed by atoms with Crippen molar-refractivity contribution in [2.75, 3.05) is 18.9 Å². The van der Waals surface area contributed by atoms with Crippen LogP contribution in [-0.2, 0) is 30.5 Å². The number of aliphatic hydroxyl groups excluding tert-OH is 1. The molecule has 1 aromatic heterocycles. The highest BCUT2D eigenvalue weighted by molar-refractivity contribution is 8.14. The van der Waals surface area contributed by atoms with Crippen molar-refractivity contribution in [3.63, 3.8) is 0 Å². The molecule has 0 amide bonds. The zero-order chi connectivity index (χ0) is 29.4. The predicted molar refractivity (Wildman–Crippen MR) is 159 cm³/mol. The molecule has 4 aliphatic carbocycles. The molecule has 4 fully saturated rings. The van der Waals surface area contributed by atoms with E-state index in [-0.39, 0.29) is 46.9 Å². The largest absolute Gasteiger partial charge is 0.465 e. The van der Waals surface area contributed by atoms with E-state index in [2.05, 4.69) is 33.8 Å². The van der Waals surface area contributed by atoms with Crippen molar-refractivity contribution < 1.29 is 29.1 Å². The quantitative estimate of drug-likeness (QED) is 0.447. The second kappa shape index (κ2) is 10.2. The second-order valence-corrected chi connectivity index (χ2v) is 15.3. The highest BCUT2D eigenvalue weighted by Crippen LogP contribution is 2.75. The van der Waals surface area contributed by atoms with Crippen molar-refractivity contribution in [3.8, 4) is 0 Å². The van der Waals surface area contributed by atoms with E-state index < -0.39 is 33.9 Å². The van der Waals surface area contributed by atoms with E-state index in [1.807, 2.05) is 22.6 Å². The van der Waals surface area contributed by atoms with Gasteiger partial charge in [-0.3, -0.25) is 19.2 Å². The van der Waals surface area contributed by atoms with Gasteiger partial charge in [-0.25, -0.2) is 0 Å². The molecule has 41 heavy (non-hydrogen) atoms. The van der Waals surface area contributed by atoms with Gasteiger partial charge < -0.3 is 9.84 Å². The lowest BCUT2D eigenvalue weighted by atomic mass is 9.38. The zero-order valence-corrected chi connectivity index (χ0v) is 26.2. The van der Waals surface area contributed by atoms with Crippen LogP contribution in [0.25, 0.3) is 0 Å². The second-order valence-electron chi connectivity index (χ2n) is 13.4. The maximum absolute atomic E-state index is 14.4. The Hall–Kier alpha value is -1.78. The minimum absolute atomic E-state index is 0.0133. The molecule has 7 nitrogen and oxygen atoms in total. The molecule has 0 spiro atoms. The third-order valence-corrected chi connectivity index (χ3v) is 13.4. The zero-order valence-electron chi connectivity index (χ0n) is 24.6. The van der Waals surface area contributed by atoms with E-state index in [1.165, 1.54) is 0 Å². The number of fused-ring (bicyclic) bond motifs is 7. The van der Waals surface area contributed by atoms with E-state index in [0.717, 1.165) is 35.1 Å². The van der Waals surface area contributed by atoms with E-state index in [1.54, 1.807) is 30.4 Å². The normalized spacial score (nSPS) is 43.1. The first-order chi connectivity index (χ1) is 19.4. The first-order valence-corrected chi connectivity index (χ1v) is 16.7. The van der Waals surface area contributed by atoms with Gasteiger partial charge in [-0.2, -0.15) is 5.06 Å². The highest BCUT2D eigenvalue weighted by atomic mass is 32.2. The fourth-order valence-corrected chi connectivity index (χ4v) is 11.3. The van der Waals surface area contributed by atoms with Crippen LogP contribution in [0.5, 0.6) is 0 Å². The van der Waals surface area contributed by atoms with Crippen LogP contribution in [-0.4, -0.2) is 57.6 Å². The van der Waals surface area contributed by atoms with Crippen LogP contribution in [0.15, 0.2) is 41.3 Å². The summed E-state index contributed by atoms with van der Waals surface area (Å²) in [5, 5.41) is 16.0. The fourth-order valence-electron chi connectivity index (χ4n) is 9.57. The number of hydrogen-bond acceptors (Lipinski definition) is 9. The van der Waals surface area contributed by atoms with Gasteiger partial charge >= 0.3 is 5.97 Å². The predicted octanol–water partition coefficient (Wildman–Crippen LogP) is 5.20. The summed E-state index contributed by atoms with van der Waals surface area (Å²) < 4.78 is 5.13. The number of aliphatic hydroxyl groups is 1. The summed E-state index contributed by atoms with van der Waals surface area (Å²) in [6.07, 6.45) is 6.86. The van der Waals surface area contributed by atoms with E-state index in [9.17, 15) is 19.5 Å². The van der Waals surface area contributed by atoms with E-state index >= 15 is 0 Å². The SMILES string of the molecule is CCOC(=O)CSC(=O)[C@@]12ON(Cc3cccs3)C[C@@H]1C[C@H]1[C@@H]3C[C@H](C)C4=CC(=O)C=C[C@]4(C)[C@@]3(C)[C@@H](O)C[C@@]12C. The third-order valence-electron chi connectivity index (χ3n) is 11.6. The number of rotatable bonds is 6. The number of hydroxylamine groups is 2. The van der Waals surface area contributed by atoms with Gasteiger partial charge in [0.25, 0.3) is 0 Å². The summed E-state index contributed by atoms with van der Waals surface area (Å²) in [5.41, 5.74) is -1.62. The smallest absolute Gasteiger partial charge is 0.316 e. The minimum atomic E-state index is -1.15. The number of carbonyl (C=O) groups excluding carboxylic acids is 3. The van der Waals surface area contributed by atoms with Crippen molar-refractivity contribution >= 4 is 40.0 Å². The number of thiophene rings is 1. The molecule has 3 saturated carbocycles. The third kappa shape index (κ3) is 4.05. The maximum atomic E-state index is 14.4. The molecule has 1 aliphatic heterocycles. The van der Waals surface area contributed by atoms with Gasteiger partial charge in [0.15, 0.2) is 11.4 Å². The summed E-state index contributed by atoms with van der Waals surface area (Å²) in [5.74, 6) is -0.0490. The van der Waals surface area contributed by atoms with Crippen LogP contribution in [0.4, 0.5) is 0 Å². The van der Waals surface area contributed by atoms with Crippen molar-refractivity contribution in [3.05, 3.63) is 46.2 Å². The molecule has 0 aromatic carbocycles. The Morgan fingerprint density at radius 2 is 2.02 bits per heavy atom. The van der Waals surface area contributed by atoms with Gasteiger partial charge in [0, 0.05) is 33.6 Å². The van der Waals surface area contributed by atoms with Gasteiger partial charge in [0.1, 0.15) is 0 Å². The first kappa shape index (κ1) is 29.3. The number of nitrogens with zero attached hydrogens (tertiary/aromatic N) is 1. The van der Waals surface area contributed by atoms with Gasteiger partial charge in [0.05, 0.1) is 25.0 Å². The van der Waals surface area contributed by atoms with Crippen LogP contribution in [0, 0.1) is 39.9 Å². The topological polar surface area (TPSA) is 93.1 Å². The van der Waals surface area contributed by atoms with Gasteiger partial charge in [0.2, 0.25) is 5.12 Å². The molecule has 1 aromatic rings. The number of ether oxygens (including phenoxy) is 1. The lowest BCUT2D eigenvalue weighted by Gasteiger charge is -2.66. The first-order valence-electron chi connectivity index (χ1n) is 14.8. The fraction of sp³-hybridized carbons (Fsp3) is 0.656. The lowest BCUT2D eigenvalue weighted by Crippen LogP contribution is -2.67. The monoisotopic (exact) mass is 599 g/mol. The number of hydrogen-bond donors (Lipinski definition) is 1. The number of allylic oxidation sites excluding steroid dienone is 4. The summed E-state index contributed by atoms with van der Waals surface area (Å²) >= 11 is 2.66. The number of carbonyl (C=O) groups is 3. The standard InChI is InChI=1S/C32H41NO6S2/c1-6-38-27(36)18-41-28(37)32-20(16-33(39-32)17-22-8-7-11-40-22)13-24-25-12-19(2)23-14-21(34)9-10-29(23,3)31(25,5)26(35)15-30(24,32)4/h7-11,14,19-20,24-26,35H,6,12-13,15-18H2,1-5H3/t19-,20-,24-,25-,26-,29-,30-,31+,32-/m0/s1. The molecule has 222 valence electrons. The Labute approximate surface area is 250 Å². The Bertz CT molecular complexity index is 1310. The molecule has 0 unspecified atom stereocenters. The molecule has 2 heterocycles. The van der Waals surface area contributed by atoms with Crippen LogP contribution in [0.1, 0.15) is 58.8 Å².